The zero-order chi connectivity index (χ0) is 19.0. The number of aromatic nitrogens is 2. The molecule has 0 radical (unpaired) electrons. The molecule has 1 aromatic carbocycles. The van der Waals surface area contributed by atoms with Crippen LogP contribution in [0.15, 0.2) is 60.6 Å². The monoisotopic (exact) mass is 360 g/mol. The molecule has 0 atom stereocenters. The zero-order valence-corrected chi connectivity index (χ0v) is 15.9. The number of imidazole rings is 1. The average molecular weight is 360 g/mol. The second-order valence-electron chi connectivity index (χ2n) is 6.99. The molecule has 0 amide bonds. The number of allylic oxidation sites excluding steroid dienone is 2. The van der Waals surface area contributed by atoms with E-state index >= 15 is 0 Å². The molecule has 4 rings (SSSR count). The fourth-order valence-corrected chi connectivity index (χ4v) is 3.76. The highest BCUT2D eigenvalue weighted by atomic mass is 16.5. The lowest BCUT2D eigenvalue weighted by molar-refractivity contribution is 0.182. The van der Waals surface area contributed by atoms with E-state index in [4.69, 9.17) is 9.73 Å². The van der Waals surface area contributed by atoms with E-state index in [0.717, 1.165) is 41.5 Å². The first kappa shape index (κ1) is 17.5. The number of hydrogen-bond acceptors (Lipinski definition) is 4. The molecule has 27 heavy (non-hydrogen) atoms. The summed E-state index contributed by atoms with van der Waals surface area (Å²) in [5.41, 5.74) is 7.96. The molecule has 5 heteroatoms. The number of benzene rings is 1. The minimum absolute atomic E-state index is 0.487. The molecule has 138 valence electrons. The number of nitrogens with zero attached hydrogens (tertiary/aromatic N) is 4. The van der Waals surface area contributed by atoms with Crippen LogP contribution in [-0.4, -0.2) is 40.5 Å². The summed E-state index contributed by atoms with van der Waals surface area (Å²) in [5.74, 6) is 0.858. The number of hydrogen-bond donors (Lipinski definition) is 0. The number of fused-ring (bicyclic) bond motifs is 3. The quantitative estimate of drug-likeness (QED) is 0.837. The summed E-state index contributed by atoms with van der Waals surface area (Å²) in [4.78, 5) is 11.4. The van der Waals surface area contributed by atoms with Gasteiger partial charge in [0.2, 0.25) is 0 Å². The third-order valence-electron chi connectivity index (χ3n) is 5.05. The molecule has 0 N–H and O–H groups in total. The Labute approximate surface area is 160 Å². The van der Waals surface area contributed by atoms with Crippen molar-refractivity contribution in [2.45, 2.75) is 20.0 Å². The summed E-state index contributed by atoms with van der Waals surface area (Å²) >= 11 is 0. The normalized spacial score (nSPS) is 16.2. The number of ether oxygens (including phenoxy) is 1. The van der Waals surface area contributed by atoms with Crippen molar-refractivity contribution < 1.29 is 4.74 Å². The predicted octanol–water partition coefficient (Wildman–Crippen LogP) is 3.74. The maximum atomic E-state index is 5.18. The molecule has 0 aliphatic carbocycles. The van der Waals surface area contributed by atoms with Gasteiger partial charge in [-0.2, -0.15) is 0 Å². The first-order chi connectivity index (χ1) is 13.1. The van der Waals surface area contributed by atoms with Crippen molar-refractivity contribution >= 4 is 17.1 Å². The van der Waals surface area contributed by atoms with E-state index in [1.165, 1.54) is 16.7 Å². The first-order valence-electron chi connectivity index (χ1n) is 9.10. The van der Waals surface area contributed by atoms with Gasteiger partial charge in [-0.1, -0.05) is 36.9 Å². The van der Waals surface area contributed by atoms with Gasteiger partial charge in [-0.15, -0.1) is 0 Å². The molecule has 2 aliphatic rings. The third kappa shape index (κ3) is 3.15. The van der Waals surface area contributed by atoms with Gasteiger partial charge in [0.1, 0.15) is 12.2 Å². The molecule has 1 aromatic heterocycles. The fourth-order valence-electron chi connectivity index (χ4n) is 3.76. The molecule has 5 nitrogen and oxygen atoms in total. The van der Waals surface area contributed by atoms with Crippen LogP contribution in [0.1, 0.15) is 29.3 Å². The van der Waals surface area contributed by atoms with E-state index in [9.17, 15) is 0 Å². The van der Waals surface area contributed by atoms with Gasteiger partial charge < -0.3 is 9.64 Å². The molecule has 2 aromatic rings. The minimum atomic E-state index is 0.487. The summed E-state index contributed by atoms with van der Waals surface area (Å²) in [7, 11) is 1.67. The Morgan fingerprint density at radius 1 is 1.33 bits per heavy atom. The van der Waals surface area contributed by atoms with Crippen LogP contribution >= 0.6 is 0 Å². The summed E-state index contributed by atoms with van der Waals surface area (Å²) in [5, 5.41) is 0. The molecular formula is C22H24N4O. The molecular weight excluding hydrogens is 336 g/mol. The third-order valence-corrected chi connectivity index (χ3v) is 5.05. The van der Waals surface area contributed by atoms with Crippen LogP contribution < -0.4 is 0 Å². The minimum Gasteiger partial charge on any atom is -0.378 e. The Bertz CT molecular complexity index is 980. The van der Waals surface area contributed by atoms with Crippen LogP contribution in [-0.2, 0) is 17.8 Å². The molecule has 2 aliphatic heterocycles. The van der Waals surface area contributed by atoms with E-state index in [-0.39, 0.29) is 0 Å². The van der Waals surface area contributed by atoms with Crippen LogP contribution in [0, 0.1) is 0 Å². The number of methoxy groups -OCH3 is 1. The van der Waals surface area contributed by atoms with Crippen LogP contribution in [0.2, 0.25) is 0 Å². The van der Waals surface area contributed by atoms with Crippen molar-refractivity contribution in [2.24, 2.45) is 4.99 Å². The summed E-state index contributed by atoms with van der Waals surface area (Å²) in [6.45, 7) is 12.5. The molecule has 3 heterocycles. The zero-order valence-electron chi connectivity index (χ0n) is 15.9. The van der Waals surface area contributed by atoms with Gasteiger partial charge in [0, 0.05) is 37.2 Å². The Morgan fingerprint density at radius 3 is 2.96 bits per heavy atom. The highest BCUT2D eigenvalue weighted by Gasteiger charge is 2.26. The Morgan fingerprint density at radius 2 is 2.19 bits per heavy atom. The summed E-state index contributed by atoms with van der Waals surface area (Å²) < 4.78 is 7.13. The van der Waals surface area contributed by atoms with Gasteiger partial charge in [-0.3, -0.25) is 9.56 Å². The SMILES string of the molecule is C=C(C)c1cccc2c1CCN1C(=C)CN=C(n3cnc(COC)c3)C=C21. The lowest BCUT2D eigenvalue weighted by Crippen LogP contribution is -2.29. The molecule has 0 bridgehead atoms. The van der Waals surface area contributed by atoms with Crippen molar-refractivity contribution in [1.82, 2.24) is 14.5 Å². The Hall–Kier alpha value is -2.92. The molecule has 0 unspecified atom stereocenters. The predicted molar refractivity (Wildman–Crippen MR) is 109 cm³/mol. The van der Waals surface area contributed by atoms with Crippen LogP contribution in [0.3, 0.4) is 0 Å². The molecule has 0 saturated carbocycles. The lowest BCUT2D eigenvalue weighted by Gasteiger charge is -2.34. The molecule has 0 saturated heterocycles. The first-order valence-corrected chi connectivity index (χ1v) is 9.10. The molecule has 0 spiro atoms. The van der Waals surface area contributed by atoms with Crippen molar-refractivity contribution in [3.8, 4) is 0 Å². The van der Waals surface area contributed by atoms with Gasteiger partial charge in [-0.25, -0.2) is 4.98 Å². The highest BCUT2D eigenvalue weighted by Crippen LogP contribution is 2.36. The van der Waals surface area contributed by atoms with Crippen molar-refractivity contribution in [3.05, 3.63) is 78.0 Å². The van der Waals surface area contributed by atoms with Gasteiger partial charge in [0.25, 0.3) is 0 Å². The van der Waals surface area contributed by atoms with Gasteiger partial charge in [0.15, 0.2) is 0 Å². The standard InChI is InChI=1S/C22H24N4O/c1-15(2)18-6-5-7-20-19(18)8-9-26-16(3)11-23-22(10-21(20)26)25-12-17(13-27-4)24-14-25/h5-7,10,12,14H,1,3,8-9,11,13H2,2,4H3. The maximum Gasteiger partial charge on any atom is 0.135 e. The van der Waals surface area contributed by atoms with Crippen molar-refractivity contribution in [2.75, 3.05) is 20.2 Å². The second kappa shape index (κ2) is 7.00. The van der Waals surface area contributed by atoms with Crippen molar-refractivity contribution in [1.29, 1.82) is 0 Å². The van der Waals surface area contributed by atoms with Gasteiger partial charge >= 0.3 is 0 Å². The fraction of sp³-hybridized carbons (Fsp3) is 0.273. The van der Waals surface area contributed by atoms with Crippen molar-refractivity contribution in [3.63, 3.8) is 0 Å². The Kier molecular flexibility index (Phi) is 4.54. The smallest absolute Gasteiger partial charge is 0.135 e. The van der Waals surface area contributed by atoms with E-state index in [0.29, 0.717) is 13.2 Å². The van der Waals surface area contributed by atoms with E-state index in [2.05, 4.69) is 54.2 Å². The highest BCUT2D eigenvalue weighted by molar-refractivity contribution is 6.02. The Balaban J connectivity index is 1.81. The maximum absolute atomic E-state index is 5.18. The lowest BCUT2D eigenvalue weighted by atomic mass is 9.89. The van der Waals surface area contributed by atoms with E-state index in [1.54, 1.807) is 13.4 Å². The van der Waals surface area contributed by atoms with Crippen LogP contribution in [0.4, 0.5) is 0 Å². The van der Waals surface area contributed by atoms with Gasteiger partial charge in [-0.05, 0) is 24.5 Å². The number of aliphatic imine (C=N–C) groups is 1. The van der Waals surface area contributed by atoms with E-state index in [1.807, 2.05) is 10.8 Å². The van der Waals surface area contributed by atoms with Crippen LogP contribution in [0.5, 0.6) is 0 Å². The topological polar surface area (TPSA) is 42.7 Å². The largest absolute Gasteiger partial charge is 0.378 e. The van der Waals surface area contributed by atoms with Gasteiger partial charge in [0.05, 0.1) is 24.5 Å². The van der Waals surface area contributed by atoms with Crippen LogP contribution in [0.25, 0.3) is 11.3 Å². The number of rotatable bonds is 3. The second-order valence-corrected chi connectivity index (χ2v) is 6.99. The van der Waals surface area contributed by atoms with E-state index < -0.39 is 0 Å². The average Bonchev–Trinajstić information content (AvgIpc) is 3.05. The summed E-state index contributed by atoms with van der Waals surface area (Å²) in [6.07, 6.45) is 6.87. The molecule has 0 fully saturated rings. The summed E-state index contributed by atoms with van der Waals surface area (Å²) in [6, 6.07) is 6.44.